The summed E-state index contributed by atoms with van der Waals surface area (Å²) >= 11 is 0. The zero-order valence-corrected chi connectivity index (χ0v) is 9.04. The van der Waals surface area contributed by atoms with E-state index in [1.165, 1.54) is 7.11 Å². The molecule has 0 atom stereocenters. The van der Waals surface area contributed by atoms with Crippen molar-refractivity contribution in [1.29, 1.82) is 0 Å². The van der Waals surface area contributed by atoms with Gasteiger partial charge in [0, 0.05) is 13.0 Å². The number of hydrogen-bond acceptors (Lipinski definition) is 4. The minimum atomic E-state index is -0.791. The van der Waals surface area contributed by atoms with Crippen LogP contribution in [0.2, 0.25) is 0 Å². The van der Waals surface area contributed by atoms with Crippen LogP contribution in [0.25, 0.3) is 0 Å². The van der Waals surface area contributed by atoms with E-state index in [1.54, 1.807) is 0 Å². The molecule has 1 aliphatic carbocycles. The predicted octanol–water partition coefficient (Wildman–Crippen LogP) is -0.0628. The molecule has 86 valence electrons. The maximum absolute atomic E-state index is 11.6. The number of ether oxygens (including phenoxy) is 1. The molecule has 1 aliphatic rings. The third-order valence-electron chi connectivity index (χ3n) is 2.78. The van der Waals surface area contributed by atoms with Crippen LogP contribution in [-0.2, 0) is 14.3 Å². The van der Waals surface area contributed by atoms with E-state index < -0.39 is 5.54 Å². The molecule has 0 saturated heterocycles. The number of carbonyl (C=O) groups excluding carboxylic acids is 2. The summed E-state index contributed by atoms with van der Waals surface area (Å²) in [5, 5.41) is 2.75. The Kier molecular flexibility index (Phi) is 4.08. The highest BCUT2D eigenvalue weighted by Crippen LogP contribution is 2.30. The van der Waals surface area contributed by atoms with E-state index in [9.17, 15) is 9.59 Å². The summed E-state index contributed by atoms with van der Waals surface area (Å²) in [6.07, 6.45) is 3.46. The maximum Gasteiger partial charge on any atom is 0.331 e. The van der Waals surface area contributed by atoms with Gasteiger partial charge in [-0.3, -0.25) is 4.79 Å². The molecule has 0 bridgehead atoms. The van der Waals surface area contributed by atoms with Crippen LogP contribution in [-0.4, -0.2) is 31.1 Å². The van der Waals surface area contributed by atoms with Crippen molar-refractivity contribution in [2.45, 2.75) is 37.6 Å². The Morgan fingerprint density at radius 1 is 1.40 bits per heavy atom. The van der Waals surface area contributed by atoms with E-state index in [2.05, 4.69) is 5.32 Å². The van der Waals surface area contributed by atoms with Gasteiger partial charge >= 0.3 is 5.97 Å². The van der Waals surface area contributed by atoms with Crippen molar-refractivity contribution in [3.63, 3.8) is 0 Å². The van der Waals surface area contributed by atoms with Crippen LogP contribution >= 0.6 is 0 Å². The van der Waals surface area contributed by atoms with Gasteiger partial charge in [-0.25, -0.2) is 4.79 Å². The van der Waals surface area contributed by atoms with Crippen molar-refractivity contribution in [2.75, 3.05) is 13.7 Å². The van der Waals surface area contributed by atoms with E-state index in [0.29, 0.717) is 19.4 Å². The smallest absolute Gasteiger partial charge is 0.331 e. The van der Waals surface area contributed by atoms with Crippen LogP contribution < -0.4 is 11.1 Å². The first-order valence-corrected chi connectivity index (χ1v) is 5.24. The highest BCUT2D eigenvalue weighted by atomic mass is 16.5. The first-order valence-electron chi connectivity index (χ1n) is 5.24. The molecule has 0 unspecified atom stereocenters. The Labute approximate surface area is 89.3 Å². The average molecular weight is 214 g/mol. The number of methoxy groups -OCH3 is 1. The molecule has 0 aromatic heterocycles. The quantitative estimate of drug-likeness (QED) is 0.642. The Hall–Kier alpha value is -1.10. The minimum absolute atomic E-state index is 0.176. The lowest BCUT2D eigenvalue weighted by Crippen LogP contribution is -2.53. The van der Waals surface area contributed by atoms with Gasteiger partial charge in [-0.1, -0.05) is 12.8 Å². The molecule has 1 amide bonds. The standard InChI is InChI=1S/C10H18N2O3/c1-15-9(14)10(5-2-3-6-10)12-8(13)4-7-11/h2-7,11H2,1H3,(H,12,13). The second kappa shape index (κ2) is 5.11. The summed E-state index contributed by atoms with van der Waals surface area (Å²) < 4.78 is 4.73. The third kappa shape index (κ3) is 2.68. The Morgan fingerprint density at radius 2 is 2.00 bits per heavy atom. The number of esters is 1. The van der Waals surface area contributed by atoms with Gasteiger partial charge in [0.05, 0.1) is 7.11 Å². The largest absolute Gasteiger partial charge is 0.467 e. The topological polar surface area (TPSA) is 81.4 Å². The minimum Gasteiger partial charge on any atom is -0.467 e. The summed E-state index contributed by atoms with van der Waals surface area (Å²) in [6, 6.07) is 0. The van der Waals surface area contributed by atoms with Crippen molar-refractivity contribution < 1.29 is 14.3 Å². The molecule has 1 fully saturated rings. The van der Waals surface area contributed by atoms with Gasteiger partial charge in [0.15, 0.2) is 0 Å². The summed E-state index contributed by atoms with van der Waals surface area (Å²) in [6.45, 7) is 0.295. The van der Waals surface area contributed by atoms with Gasteiger partial charge in [-0.15, -0.1) is 0 Å². The number of amides is 1. The SMILES string of the molecule is COC(=O)C1(NC(=O)CCN)CCCC1. The fourth-order valence-electron chi connectivity index (χ4n) is 2.01. The van der Waals surface area contributed by atoms with Gasteiger partial charge < -0.3 is 15.8 Å². The average Bonchev–Trinajstić information content (AvgIpc) is 2.66. The van der Waals surface area contributed by atoms with Crippen molar-refractivity contribution in [1.82, 2.24) is 5.32 Å². The molecule has 1 rings (SSSR count). The number of nitrogens with two attached hydrogens (primary N) is 1. The summed E-state index contributed by atoms with van der Waals surface area (Å²) in [5.41, 5.74) is 4.49. The predicted molar refractivity (Wildman–Crippen MR) is 55.0 cm³/mol. The first-order chi connectivity index (χ1) is 7.14. The summed E-state index contributed by atoms with van der Waals surface area (Å²) in [5.74, 6) is -0.518. The van der Waals surface area contributed by atoms with Crippen LogP contribution in [0.15, 0.2) is 0 Å². The van der Waals surface area contributed by atoms with Gasteiger partial charge in [0.1, 0.15) is 5.54 Å². The van der Waals surface area contributed by atoms with Gasteiger partial charge in [-0.2, -0.15) is 0 Å². The lowest BCUT2D eigenvalue weighted by Gasteiger charge is -2.27. The molecule has 0 heterocycles. The molecule has 0 aliphatic heterocycles. The number of nitrogens with one attached hydrogen (secondary N) is 1. The van der Waals surface area contributed by atoms with Crippen LogP contribution in [0.1, 0.15) is 32.1 Å². The molecule has 1 saturated carbocycles. The van der Waals surface area contributed by atoms with Gasteiger partial charge in [0.2, 0.25) is 5.91 Å². The molecule has 0 radical (unpaired) electrons. The van der Waals surface area contributed by atoms with Gasteiger partial charge in [0.25, 0.3) is 0 Å². The summed E-state index contributed by atoms with van der Waals surface area (Å²) in [4.78, 5) is 23.0. The van der Waals surface area contributed by atoms with E-state index in [4.69, 9.17) is 10.5 Å². The van der Waals surface area contributed by atoms with Gasteiger partial charge in [-0.05, 0) is 12.8 Å². The lowest BCUT2D eigenvalue weighted by atomic mass is 9.97. The maximum atomic E-state index is 11.6. The number of carbonyl (C=O) groups is 2. The molecule has 0 spiro atoms. The third-order valence-corrected chi connectivity index (χ3v) is 2.78. The number of hydrogen-bond donors (Lipinski definition) is 2. The molecule has 5 nitrogen and oxygen atoms in total. The summed E-state index contributed by atoms with van der Waals surface area (Å²) in [7, 11) is 1.34. The molecule has 3 N–H and O–H groups in total. The van der Waals surface area contributed by atoms with Crippen molar-refractivity contribution in [3.8, 4) is 0 Å². The van der Waals surface area contributed by atoms with Crippen LogP contribution in [0.5, 0.6) is 0 Å². The second-order valence-corrected chi connectivity index (χ2v) is 3.87. The van der Waals surface area contributed by atoms with Crippen LogP contribution in [0.4, 0.5) is 0 Å². The Balaban J connectivity index is 2.65. The molecule has 0 aromatic rings. The van der Waals surface area contributed by atoms with E-state index >= 15 is 0 Å². The first kappa shape index (κ1) is 12.0. The Morgan fingerprint density at radius 3 is 2.47 bits per heavy atom. The monoisotopic (exact) mass is 214 g/mol. The molecular weight excluding hydrogens is 196 g/mol. The molecular formula is C10H18N2O3. The fourth-order valence-corrected chi connectivity index (χ4v) is 2.01. The van der Waals surface area contributed by atoms with E-state index in [1.807, 2.05) is 0 Å². The van der Waals surface area contributed by atoms with E-state index in [0.717, 1.165) is 12.8 Å². The van der Waals surface area contributed by atoms with Crippen LogP contribution in [0, 0.1) is 0 Å². The highest BCUT2D eigenvalue weighted by Gasteiger charge is 2.43. The molecule has 5 heteroatoms. The number of rotatable bonds is 4. The molecule has 15 heavy (non-hydrogen) atoms. The van der Waals surface area contributed by atoms with Crippen molar-refractivity contribution >= 4 is 11.9 Å². The zero-order chi connectivity index (χ0) is 11.3. The molecule has 0 aromatic carbocycles. The van der Waals surface area contributed by atoms with Crippen LogP contribution in [0.3, 0.4) is 0 Å². The van der Waals surface area contributed by atoms with E-state index in [-0.39, 0.29) is 18.3 Å². The Bertz CT molecular complexity index is 247. The normalized spacial score (nSPS) is 18.5. The fraction of sp³-hybridized carbons (Fsp3) is 0.800. The lowest BCUT2D eigenvalue weighted by molar-refractivity contribution is -0.150. The zero-order valence-electron chi connectivity index (χ0n) is 9.04. The van der Waals surface area contributed by atoms with Crippen molar-refractivity contribution in [2.24, 2.45) is 5.73 Å². The van der Waals surface area contributed by atoms with Crippen molar-refractivity contribution in [3.05, 3.63) is 0 Å². The second-order valence-electron chi connectivity index (χ2n) is 3.87. The highest BCUT2D eigenvalue weighted by molar-refractivity contribution is 5.88.